The number of benzene rings is 1. The molecule has 1 aliphatic rings. The average molecular weight is 504 g/mol. The molecule has 5 rings (SSSR count). The molecule has 3 aromatic heterocycles. The van der Waals surface area contributed by atoms with Gasteiger partial charge in [0.25, 0.3) is 5.56 Å². The lowest BCUT2D eigenvalue weighted by molar-refractivity contribution is -0.132. The lowest BCUT2D eigenvalue weighted by Gasteiger charge is -2.27. The molecule has 1 amide bonds. The fourth-order valence-electron chi connectivity index (χ4n) is 4.36. The molecule has 4 aromatic rings. The lowest BCUT2D eigenvalue weighted by Crippen LogP contribution is -2.48. The van der Waals surface area contributed by atoms with Gasteiger partial charge in [0.2, 0.25) is 11.9 Å². The van der Waals surface area contributed by atoms with E-state index in [2.05, 4.69) is 25.6 Å². The van der Waals surface area contributed by atoms with E-state index < -0.39 is 0 Å². The largest absolute Gasteiger partial charge is 0.357 e. The van der Waals surface area contributed by atoms with Gasteiger partial charge >= 0.3 is 0 Å². The number of carbonyl (C=O) groups excluding carboxylic acids is 1. The second-order valence-corrected chi connectivity index (χ2v) is 9.04. The van der Waals surface area contributed by atoms with Crippen molar-refractivity contribution in [3.05, 3.63) is 69.6 Å². The van der Waals surface area contributed by atoms with Crippen molar-refractivity contribution in [2.75, 3.05) is 38.5 Å². The van der Waals surface area contributed by atoms with Crippen molar-refractivity contribution in [2.45, 2.75) is 13.5 Å². The molecule has 2 N–H and O–H groups in total. The first-order valence-corrected chi connectivity index (χ1v) is 12.1. The monoisotopic (exact) mass is 503 g/mol. The lowest BCUT2D eigenvalue weighted by atomic mass is 10.0. The number of hydrogen-bond acceptors (Lipinski definition) is 7. The summed E-state index contributed by atoms with van der Waals surface area (Å²) in [5, 5.41) is 7.31. The minimum absolute atomic E-state index is 0.0958. The molecule has 9 nitrogen and oxygen atoms in total. The molecule has 36 heavy (non-hydrogen) atoms. The predicted molar refractivity (Wildman–Crippen MR) is 141 cm³/mol. The third-order valence-corrected chi connectivity index (χ3v) is 6.55. The Labute approximate surface area is 213 Å². The van der Waals surface area contributed by atoms with Gasteiger partial charge in [0.1, 0.15) is 12.2 Å². The quantitative estimate of drug-likeness (QED) is 0.431. The number of aryl methyl sites for hydroxylation is 1. The maximum Gasteiger partial charge on any atom is 0.252 e. The van der Waals surface area contributed by atoms with E-state index in [1.165, 1.54) is 10.6 Å². The van der Waals surface area contributed by atoms with Crippen LogP contribution < -0.4 is 16.2 Å². The fourth-order valence-corrected chi connectivity index (χ4v) is 4.63. The van der Waals surface area contributed by atoms with Crippen molar-refractivity contribution in [1.29, 1.82) is 0 Å². The molecule has 1 aromatic carbocycles. The SMILES string of the molecule is CNc1nc(-c2ccc(-c3cccc(C)n3)cc2Cl)c2ccc(=O)n(CC(=O)N3CCNCC3)c2n1. The molecule has 0 unspecified atom stereocenters. The maximum atomic E-state index is 13.0. The number of anilines is 1. The van der Waals surface area contributed by atoms with Crippen molar-refractivity contribution in [1.82, 2.24) is 29.7 Å². The molecule has 1 saturated heterocycles. The number of fused-ring (bicyclic) bond motifs is 1. The van der Waals surface area contributed by atoms with Gasteiger partial charge in [0.05, 0.1) is 16.4 Å². The van der Waals surface area contributed by atoms with Crippen LogP contribution in [0.25, 0.3) is 33.5 Å². The summed E-state index contributed by atoms with van der Waals surface area (Å²) in [6.07, 6.45) is 0. The van der Waals surface area contributed by atoms with E-state index in [0.717, 1.165) is 30.0 Å². The second-order valence-electron chi connectivity index (χ2n) is 8.63. The number of aromatic nitrogens is 4. The standard InChI is InChI=1S/C26H26ClN7O2/c1-16-4-3-5-21(30-16)17-6-7-18(20(27)14-17)24-19-8-9-22(35)34(25(19)32-26(28-2)31-24)15-23(36)33-12-10-29-11-13-33/h3-9,14,29H,10-13,15H2,1-2H3,(H,28,31,32). The van der Waals surface area contributed by atoms with Crippen molar-refractivity contribution in [3.63, 3.8) is 0 Å². The molecule has 0 radical (unpaired) electrons. The molecule has 10 heteroatoms. The van der Waals surface area contributed by atoms with E-state index in [0.29, 0.717) is 46.4 Å². The molecule has 1 aliphatic heterocycles. The highest BCUT2D eigenvalue weighted by Gasteiger charge is 2.21. The van der Waals surface area contributed by atoms with Crippen LogP contribution in [0.2, 0.25) is 5.02 Å². The smallest absolute Gasteiger partial charge is 0.252 e. The Morgan fingerprint density at radius 1 is 1.08 bits per heavy atom. The highest BCUT2D eigenvalue weighted by molar-refractivity contribution is 6.34. The van der Waals surface area contributed by atoms with Crippen LogP contribution in [0.1, 0.15) is 5.69 Å². The zero-order chi connectivity index (χ0) is 25.2. The van der Waals surface area contributed by atoms with E-state index in [1.54, 1.807) is 18.0 Å². The van der Waals surface area contributed by atoms with Gasteiger partial charge in [0, 0.05) is 61.5 Å². The number of halogens is 1. The summed E-state index contributed by atoms with van der Waals surface area (Å²) >= 11 is 6.76. The third-order valence-electron chi connectivity index (χ3n) is 6.23. The number of nitrogens with zero attached hydrogens (tertiary/aromatic N) is 5. The van der Waals surface area contributed by atoms with Gasteiger partial charge in [-0.1, -0.05) is 29.8 Å². The Kier molecular flexibility index (Phi) is 6.67. The summed E-state index contributed by atoms with van der Waals surface area (Å²) in [5.74, 6) is 0.206. The van der Waals surface area contributed by atoms with Crippen LogP contribution in [0.15, 0.2) is 53.3 Å². The van der Waals surface area contributed by atoms with Gasteiger partial charge in [-0.15, -0.1) is 0 Å². The summed E-state index contributed by atoms with van der Waals surface area (Å²) in [4.78, 5) is 41.4. The fraction of sp³-hybridized carbons (Fsp3) is 0.269. The minimum atomic E-state index is -0.301. The summed E-state index contributed by atoms with van der Waals surface area (Å²) in [5.41, 5.74) is 3.97. The van der Waals surface area contributed by atoms with Gasteiger partial charge in [-0.25, -0.2) is 4.98 Å². The Bertz CT molecular complexity index is 1510. The van der Waals surface area contributed by atoms with Crippen LogP contribution >= 0.6 is 11.6 Å². The number of pyridine rings is 2. The second kappa shape index (κ2) is 10.0. The molecule has 4 heterocycles. The van der Waals surface area contributed by atoms with Crippen molar-refractivity contribution in [2.24, 2.45) is 0 Å². The first-order chi connectivity index (χ1) is 17.4. The van der Waals surface area contributed by atoms with Crippen LogP contribution in [0, 0.1) is 6.92 Å². The Hall–Kier alpha value is -3.82. The van der Waals surface area contributed by atoms with E-state index in [4.69, 9.17) is 11.6 Å². The Morgan fingerprint density at radius 3 is 2.61 bits per heavy atom. The average Bonchev–Trinajstić information content (AvgIpc) is 2.90. The van der Waals surface area contributed by atoms with Gasteiger partial charge in [0.15, 0.2) is 0 Å². The number of piperazine rings is 1. The molecular weight excluding hydrogens is 478 g/mol. The van der Waals surface area contributed by atoms with Crippen molar-refractivity contribution >= 4 is 34.5 Å². The molecule has 0 atom stereocenters. The zero-order valence-corrected chi connectivity index (χ0v) is 20.8. The summed E-state index contributed by atoms with van der Waals surface area (Å²) in [7, 11) is 1.70. The van der Waals surface area contributed by atoms with Crippen molar-refractivity contribution < 1.29 is 4.79 Å². The first-order valence-electron chi connectivity index (χ1n) is 11.8. The molecule has 184 valence electrons. The maximum absolute atomic E-state index is 13.0. The zero-order valence-electron chi connectivity index (χ0n) is 20.1. The molecule has 0 aliphatic carbocycles. The van der Waals surface area contributed by atoms with Gasteiger partial charge in [-0.2, -0.15) is 4.98 Å². The number of nitrogens with one attached hydrogen (secondary N) is 2. The summed E-state index contributed by atoms with van der Waals surface area (Å²) in [6, 6.07) is 14.7. The van der Waals surface area contributed by atoms with Crippen LogP contribution in [-0.2, 0) is 11.3 Å². The van der Waals surface area contributed by atoms with E-state index in [1.807, 2.05) is 43.3 Å². The molecule has 0 bridgehead atoms. The summed E-state index contributed by atoms with van der Waals surface area (Å²) in [6.45, 7) is 4.54. The van der Waals surface area contributed by atoms with Gasteiger partial charge in [-0.05, 0) is 31.2 Å². The number of carbonyl (C=O) groups is 1. The number of amides is 1. The van der Waals surface area contributed by atoms with E-state index in [-0.39, 0.29) is 18.0 Å². The van der Waals surface area contributed by atoms with E-state index in [9.17, 15) is 9.59 Å². The van der Waals surface area contributed by atoms with Crippen molar-refractivity contribution in [3.8, 4) is 22.5 Å². The van der Waals surface area contributed by atoms with Gasteiger partial charge in [-0.3, -0.25) is 19.1 Å². The number of rotatable bonds is 5. The normalized spacial score (nSPS) is 13.7. The molecular formula is C26H26ClN7O2. The van der Waals surface area contributed by atoms with E-state index >= 15 is 0 Å². The molecule has 0 saturated carbocycles. The highest BCUT2D eigenvalue weighted by Crippen LogP contribution is 2.34. The minimum Gasteiger partial charge on any atom is -0.357 e. The Morgan fingerprint density at radius 2 is 1.89 bits per heavy atom. The number of hydrogen-bond donors (Lipinski definition) is 2. The van der Waals surface area contributed by atoms with Crippen LogP contribution in [-0.4, -0.2) is 63.6 Å². The van der Waals surface area contributed by atoms with Crippen LogP contribution in [0.5, 0.6) is 0 Å². The van der Waals surface area contributed by atoms with Gasteiger partial charge < -0.3 is 15.5 Å². The summed E-state index contributed by atoms with van der Waals surface area (Å²) < 4.78 is 1.41. The first kappa shape index (κ1) is 23.9. The molecule has 0 spiro atoms. The van der Waals surface area contributed by atoms with Crippen LogP contribution in [0.3, 0.4) is 0 Å². The van der Waals surface area contributed by atoms with Crippen LogP contribution in [0.4, 0.5) is 5.95 Å². The molecule has 1 fully saturated rings. The third kappa shape index (κ3) is 4.67. The Balaban J connectivity index is 1.60. The highest BCUT2D eigenvalue weighted by atomic mass is 35.5. The predicted octanol–water partition coefficient (Wildman–Crippen LogP) is 2.96. The topological polar surface area (TPSA) is 105 Å².